The second-order valence-electron chi connectivity index (χ2n) is 6.66. The number of hydrogen-bond acceptors (Lipinski definition) is 4. The van der Waals surface area contributed by atoms with Crippen LogP contribution < -0.4 is 5.32 Å². The molecule has 0 aliphatic rings. The number of anilines is 1. The van der Waals surface area contributed by atoms with E-state index in [4.69, 9.17) is 0 Å². The first-order valence-corrected chi connectivity index (χ1v) is 10.4. The van der Waals surface area contributed by atoms with Crippen LogP contribution >= 0.6 is 11.8 Å². The molecule has 0 aliphatic carbocycles. The first-order chi connectivity index (χ1) is 14.6. The molecule has 3 aromatic carbocycles. The van der Waals surface area contributed by atoms with Crippen molar-refractivity contribution in [2.45, 2.75) is 12.1 Å². The number of aromatic nitrogens is 3. The fourth-order valence-electron chi connectivity index (χ4n) is 3.02. The predicted octanol–water partition coefficient (Wildman–Crippen LogP) is 5.11. The summed E-state index contributed by atoms with van der Waals surface area (Å²) in [4.78, 5) is 12.4. The average molecular weight is 418 g/mol. The van der Waals surface area contributed by atoms with Crippen LogP contribution in [0.5, 0.6) is 0 Å². The second kappa shape index (κ2) is 8.92. The van der Waals surface area contributed by atoms with Crippen molar-refractivity contribution in [2.24, 2.45) is 0 Å². The van der Waals surface area contributed by atoms with E-state index < -0.39 is 5.82 Å². The SMILES string of the molecule is Cc1cccc(-c2nnc(SCC(=O)Nc3ccccc3F)n2-c2ccccc2)c1. The van der Waals surface area contributed by atoms with Crippen LogP contribution in [0.4, 0.5) is 10.1 Å². The minimum atomic E-state index is -0.468. The van der Waals surface area contributed by atoms with Crippen LogP contribution in [0.3, 0.4) is 0 Å². The van der Waals surface area contributed by atoms with Gasteiger partial charge in [-0.15, -0.1) is 10.2 Å². The molecule has 4 rings (SSSR count). The van der Waals surface area contributed by atoms with Crippen molar-refractivity contribution < 1.29 is 9.18 Å². The highest BCUT2D eigenvalue weighted by atomic mass is 32.2. The summed E-state index contributed by atoms with van der Waals surface area (Å²) in [5.41, 5.74) is 3.12. The summed E-state index contributed by atoms with van der Waals surface area (Å²) in [6, 6.07) is 23.9. The Hall–Kier alpha value is -3.45. The zero-order valence-electron chi connectivity index (χ0n) is 16.2. The van der Waals surface area contributed by atoms with Crippen LogP contribution in [-0.4, -0.2) is 26.4 Å². The third-order valence-corrected chi connectivity index (χ3v) is 5.33. The highest BCUT2D eigenvalue weighted by Gasteiger charge is 2.17. The first-order valence-electron chi connectivity index (χ1n) is 9.37. The third-order valence-electron chi connectivity index (χ3n) is 4.40. The Labute approximate surface area is 178 Å². The van der Waals surface area contributed by atoms with E-state index in [9.17, 15) is 9.18 Å². The molecular formula is C23H19FN4OS. The minimum Gasteiger partial charge on any atom is -0.323 e. The first kappa shape index (κ1) is 19.8. The summed E-state index contributed by atoms with van der Waals surface area (Å²) >= 11 is 1.25. The molecule has 0 unspecified atom stereocenters. The molecule has 150 valence electrons. The average Bonchev–Trinajstić information content (AvgIpc) is 3.18. The number of carbonyl (C=O) groups excluding carboxylic acids is 1. The summed E-state index contributed by atoms with van der Waals surface area (Å²) in [6.07, 6.45) is 0. The largest absolute Gasteiger partial charge is 0.323 e. The molecule has 0 aliphatic heterocycles. The van der Waals surface area contributed by atoms with Crippen molar-refractivity contribution in [1.29, 1.82) is 0 Å². The number of benzene rings is 3. The highest BCUT2D eigenvalue weighted by Crippen LogP contribution is 2.28. The lowest BCUT2D eigenvalue weighted by Gasteiger charge is -2.11. The zero-order chi connectivity index (χ0) is 20.9. The number of amides is 1. The number of carbonyl (C=O) groups is 1. The summed E-state index contributed by atoms with van der Waals surface area (Å²) < 4.78 is 15.7. The Bertz CT molecular complexity index is 1180. The van der Waals surface area contributed by atoms with Gasteiger partial charge in [-0.3, -0.25) is 9.36 Å². The van der Waals surface area contributed by atoms with Gasteiger partial charge in [0.1, 0.15) is 5.82 Å². The van der Waals surface area contributed by atoms with E-state index in [0.717, 1.165) is 16.8 Å². The molecular weight excluding hydrogens is 399 g/mol. The molecule has 0 radical (unpaired) electrons. The van der Waals surface area contributed by atoms with E-state index in [1.54, 1.807) is 12.1 Å². The van der Waals surface area contributed by atoms with Gasteiger partial charge in [0.05, 0.1) is 11.4 Å². The normalized spacial score (nSPS) is 10.7. The Kier molecular flexibility index (Phi) is 5.90. The quantitative estimate of drug-likeness (QED) is 0.442. The lowest BCUT2D eigenvalue weighted by atomic mass is 10.1. The molecule has 0 saturated heterocycles. The number of aryl methyl sites for hydroxylation is 1. The summed E-state index contributed by atoms with van der Waals surface area (Å²) in [5, 5.41) is 11.9. The summed E-state index contributed by atoms with van der Waals surface area (Å²) in [7, 11) is 0. The number of nitrogens with one attached hydrogen (secondary N) is 1. The Morgan fingerprint density at radius 2 is 1.77 bits per heavy atom. The Balaban J connectivity index is 1.60. The van der Waals surface area contributed by atoms with E-state index in [1.807, 2.05) is 66.1 Å². The Morgan fingerprint density at radius 1 is 1.00 bits per heavy atom. The number of halogens is 1. The third kappa shape index (κ3) is 4.41. The van der Waals surface area contributed by atoms with Crippen LogP contribution in [0, 0.1) is 12.7 Å². The van der Waals surface area contributed by atoms with E-state index in [-0.39, 0.29) is 17.3 Å². The standard InChI is InChI=1S/C23H19FN4OS/c1-16-8-7-9-17(14-16)22-26-27-23(28(22)18-10-3-2-4-11-18)30-15-21(29)25-20-13-6-5-12-19(20)24/h2-14H,15H2,1H3,(H,25,29). The number of nitrogens with zero attached hydrogens (tertiary/aromatic N) is 3. The van der Waals surface area contributed by atoms with E-state index in [2.05, 4.69) is 15.5 Å². The molecule has 7 heteroatoms. The monoisotopic (exact) mass is 418 g/mol. The lowest BCUT2D eigenvalue weighted by molar-refractivity contribution is -0.113. The summed E-state index contributed by atoms with van der Waals surface area (Å²) in [6.45, 7) is 2.02. The van der Waals surface area contributed by atoms with Gasteiger partial charge >= 0.3 is 0 Å². The van der Waals surface area contributed by atoms with Crippen LogP contribution in [0.2, 0.25) is 0 Å². The fourth-order valence-corrected chi connectivity index (χ4v) is 3.78. The number of hydrogen-bond donors (Lipinski definition) is 1. The van der Waals surface area contributed by atoms with Crippen molar-refractivity contribution in [3.05, 3.63) is 90.2 Å². The van der Waals surface area contributed by atoms with Crippen molar-refractivity contribution in [3.63, 3.8) is 0 Å². The van der Waals surface area contributed by atoms with E-state index >= 15 is 0 Å². The lowest BCUT2D eigenvalue weighted by Crippen LogP contribution is -2.15. The second-order valence-corrected chi connectivity index (χ2v) is 7.61. The summed E-state index contributed by atoms with van der Waals surface area (Å²) in [5.74, 6) is -0.00982. The molecule has 30 heavy (non-hydrogen) atoms. The topological polar surface area (TPSA) is 59.8 Å². The molecule has 1 N–H and O–H groups in total. The van der Waals surface area contributed by atoms with Gasteiger partial charge < -0.3 is 5.32 Å². The fraction of sp³-hybridized carbons (Fsp3) is 0.0870. The van der Waals surface area contributed by atoms with Gasteiger partial charge in [-0.05, 0) is 37.3 Å². The molecule has 0 bridgehead atoms. The molecule has 0 fully saturated rings. The Morgan fingerprint density at radius 3 is 2.53 bits per heavy atom. The number of thioether (sulfide) groups is 1. The van der Waals surface area contributed by atoms with Crippen LogP contribution in [-0.2, 0) is 4.79 Å². The van der Waals surface area contributed by atoms with Crippen LogP contribution in [0.15, 0.2) is 84.0 Å². The molecule has 4 aromatic rings. The molecule has 0 spiro atoms. The molecule has 1 amide bonds. The van der Waals surface area contributed by atoms with Gasteiger partial charge in [-0.2, -0.15) is 0 Å². The van der Waals surface area contributed by atoms with Crippen LogP contribution in [0.1, 0.15) is 5.56 Å². The van der Waals surface area contributed by atoms with E-state index in [0.29, 0.717) is 11.0 Å². The van der Waals surface area contributed by atoms with E-state index in [1.165, 1.54) is 23.9 Å². The zero-order valence-corrected chi connectivity index (χ0v) is 17.1. The molecule has 0 saturated carbocycles. The molecule has 1 heterocycles. The predicted molar refractivity (Wildman–Crippen MR) is 117 cm³/mol. The van der Waals surface area contributed by atoms with Crippen molar-refractivity contribution >= 4 is 23.4 Å². The van der Waals surface area contributed by atoms with Gasteiger partial charge in [0.15, 0.2) is 11.0 Å². The smallest absolute Gasteiger partial charge is 0.234 e. The van der Waals surface area contributed by atoms with Gasteiger partial charge in [-0.1, -0.05) is 65.9 Å². The van der Waals surface area contributed by atoms with Gasteiger partial charge in [0, 0.05) is 11.3 Å². The molecule has 1 aromatic heterocycles. The van der Waals surface area contributed by atoms with Gasteiger partial charge in [-0.25, -0.2) is 4.39 Å². The van der Waals surface area contributed by atoms with Crippen molar-refractivity contribution in [1.82, 2.24) is 14.8 Å². The number of rotatable bonds is 6. The maximum Gasteiger partial charge on any atom is 0.234 e. The number of para-hydroxylation sites is 2. The molecule has 5 nitrogen and oxygen atoms in total. The van der Waals surface area contributed by atoms with Crippen molar-refractivity contribution in [2.75, 3.05) is 11.1 Å². The van der Waals surface area contributed by atoms with Gasteiger partial charge in [0.2, 0.25) is 5.91 Å². The highest BCUT2D eigenvalue weighted by molar-refractivity contribution is 7.99. The minimum absolute atomic E-state index is 0.0765. The maximum atomic E-state index is 13.8. The van der Waals surface area contributed by atoms with Crippen molar-refractivity contribution in [3.8, 4) is 17.1 Å². The van der Waals surface area contributed by atoms with Crippen LogP contribution in [0.25, 0.3) is 17.1 Å². The maximum absolute atomic E-state index is 13.8. The van der Waals surface area contributed by atoms with Gasteiger partial charge in [0.25, 0.3) is 0 Å². The molecule has 0 atom stereocenters.